The molecule has 6 heteroatoms. The molecule has 0 atom stereocenters. The zero-order chi connectivity index (χ0) is 13.9. The standard InChI is InChI=1S/C13H9F4NO/c14-11-6-4-9(5-7-11)10-2-1-3-12(8-10)18-19-13(15,16)17/h1-8,18H. The van der Waals surface area contributed by atoms with Gasteiger partial charge in [0.25, 0.3) is 0 Å². The Labute approximate surface area is 106 Å². The minimum absolute atomic E-state index is 0.152. The van der Waals surface area contributed by atoms with E-state index in [1.807, 2.05) is 5.48 Å². The van der Waals surface area contributed by atoms with E-state index in [9.17, 15) is 17.6 Å². The van der Waals surface area contributed by atoms with E-state index in [4.69, 9.17) is 0 Å². The van der Waals surface area contributed by atoms with Gasteiger partial charge in [-0.3, -0.25) is 5.48 Å². The zero-order valence-electron chi connectivity index (χ0n) is 9.54. The van der Waals surface area contributed by atoms with Gasteiger partial charge in [0.15, 0.2) is 0 Å². The van der Waals surface area contributed by atoms with Crippen molar-refractivity contribution in [1.82, 2.24) is 0 Å². The molecule has 0 aromatic heterocycles. The number of hydrogen-bond donors (Lipinski definition) is 1. The molecule has 100 valence electrons. The van der Waals surface area contributed by atoms with Crippen LogP contribution in [0, 0.1) is 5.82 Å². The van der Waals surface area contributed by atoms with Crippen LogP contribution in [-0.4, -0.2) is 6.36 Å². The van der Waals surface area contributed by atoms with Gasteiger partial charge in [0.1, 0.15) is 5.82 Å². The molecule has 0 unspecified atom stereocenters. The summed E-state index contributed by atoms with van der Waals surface area (Å²) >= 11 is 0. The van der Waals surface area contributed by atoms with Gasteiger partial charge in [-0.2, -0.15) is 4.84 Å². The minimum Gasteiger partial charge on any atom is -0.258 e. The third kappa shape index (κ3) is 3.96. The van der Waals surface area contributed by atoms with Crippen molar-refractivity contribution in [3.05, 3.63) is 54.3 Å². The Kier molecular flexibility index (Phi) is 3.71. The summed E-state index contributed by atoms with van der Waals surface area (Å²) in [6.07, 6.45) is -4.76. The maximum atomic E-state index is 12.8. The third-order valence-corrected chi connectivity index (χ3v) is 2.32. The second-order valence-electron chi connectivity index (χ2n) is 3.74. The highest BCUT2D eigenvalue weighted by molar-refractivity contribution is 5.67. The summed E-state index contributed by atoms with van der Waals surface area (Å²) in [4.78, 5) is 3.52. The van der Waals surface area contributed by atoms with E-state index >= 15 is 0 Å². The lowest BCUT2D eigenvalue weighted by Gasteiger charge is -2.10. The van der Waals surface area contributed by atoms with Crippen LogP contribution in [0.15, 0.2) is 48.5 Å². The lowest BCUT2D eigenvalue weighted by molar-refractivity contribution is -0.311. The first-order chi connectivity index (χ1) is 8.94. The summed E-state index contributed by atoms with van der Waals surface area (Å²) in [6.45, 7) is 0. The molecule has 0 bridgehead atoms. The Morgan fingerprint density at radius 3 is 2.21 bits per heavy atom. The molecule has 2 nitrogen and oxygen atoms in total. The molecular formula is C13H9F4NO. The molecule has 19 heavy (non-hydrogen) atoms. The van der Waals surface area contributed by atoms with Gasteiger partial charge in [-0.25, -0.2) is 4.39 Å². The maximum Gasteiger partial charge on any atom is 0.543 e. The van der Waals surface area contributed by atoms with Crippen LogP contribution in [-0.2, 0) is 4.84 Å². The van der Waals surface area contributed by atoms with E-state index in [1.165, 1.54) is 24.3 Å². The van der Waals surface area contributed by atoms with E-state index in [0.717, 1.165) is 0 Å². The topological polar surface area (TPSA) is 21.3 Å². The number of benzene rings is 2. The third-order valence-electron chi connectivity index (χ3n) is 2.32. The Balaban J connectivity index is 2.17. The highest BCUT2D eigenvalue weighted by Gasteiger charge is 2.30. The molecule has 2 rings (SSSR count). The van der Waals surface area contributed by atoms with Crippen molar-refractivity contribution in [2.45, 2.75) is 6.36 Å². The summed E-state index contributed by atoms with van der Waals surface area (Å²) in [6, 6.07) is 11.8. The fourth-order valence-electron chi connectivity index (χ4n) is 1.52. The molecule has 0 aliphatic rings. The van der Waals surface area contributed by atoms with Crippen LogP contribution in [0.3, 0.4) is 0 Å². The summed E-state index contributed by atoms with van der Waals surface area (Å²) < 4.78 is 48.4. The van der Waals surface area contributed by atoms with Gasteiger partial charge in [0, 0.05) is 0 Å². The smallest absolute Gasteiger partial charge is 0.258 e. The van der Waals surface area contributed by atoms with Crippen LogP contribution in [0.1, 0.15) is 0 Å². The van der Waals surface area contributed by atoms with Gasteiger partial charge in [0.2, 0.25) is 0 Å². The summed E-state index contributed by atoms with van der Waals surface area (Å²) in [5.41, 5.74) is 3.30. The van der Waals surface area contributed by atoms with Crippen LogP contribution in [0.5, 0.6) is 0 Å². The van der Waals surface area contributed by atoms with Gasteiger partial charge in [0.05, 0.1) is 5.69 Å². The van der Waals surface area contributed by atoms with E-state index in [2.05, 4.69) is 4.84 Å². The first kappa shape index (κ1) is 13.4. The summed E-state index contributed by atoms with van der Waals surface area (Å²) in [5.74, 6) is -0.376. The molecule has 1 N–H and O–H groups in total. The highest BCUT2D eigenvalue weighted by atomic mass is 19.4. The second-order valence-corrected chi connectivity index (χ2v) is 3.74. The quantitative estimate of drug-likeness (QED) is 0.661. The van der Waals surface area contributed by atoms with Crippen LogP contribution < -0.4 is 5.48 Å². The predicted octanol–water partition coefficient (Wildman–Crippen LogP) is 4.36. The minimum atomic E-state index is -4.76. The number of nitrogens with one attached hydrogen (secondary N) is 1. The number of alkyl halides is 3. The average molecular weight is 271 g/mol. The SMILES string of the molecule is Fc1ccc(-c2cccc(NOC(F)(F)F)c2)cc1. The normalized spacial score (nSPS) is 11.4. The van der Waals surface area contributed by atoms with Crippen molar-refractivity contribution in [3.63, 3.8) is 0 Å². The van der Waals surface area contributed by atoms with Crippen molar-refractivity contribution in [1.29, 1.82) is 0 Å². The lowest BCUT2D eigenvalue weighted by Crippen LogP contribution is -2.17. The number of halogens is 4. The molecule has 0 saturated heterocycles. The number of anilines is 1. The van der Waals surface area contributed by atoms with Crippen LogP contribution in [0.4, 0.5) is 23.2 Å². The molecule has 0 amide bonds. The van der Waals surface area contributed by atoms with Gasteiger partial charge in [-0.05, 0) is 35.4 Å². The van der Waals surface area contributed by atoms with Crippen molar-refractivity contribution in [2.75, 3.05) is 5.48 Å². The molecule has 0 aliphatic carbocycles. The maximum absolute atomic E-state index is 12.8. The van der Waals surface area contributed by atoms with Crippen molar-refractivity contribution in [3.8, 4) is 11.1 Å². The van der Waals surface area contributed by atoms with Crippen molar-refractivity contribution < 1.29 is 22.4 Å². The van der Waals surface area contributed by atoms with E-state index < -0.39 is 6.36 Å². The van der Waals surface area contributed by atoms with E-state index in [-0.39, 0.29) is 11.5 Å². The molecule has 2 aromatic rings. The average Bonchev–Trinajstić information content (AvgIpc) is 2.37. The monoisotopic (exact) mass is 271 g/mol. The molecular weight excluding hydrogens is 262 g/mol. The van der Waals surface area contributed by atoms with Gasteiger partial charge < -0.3 is 0 Å². The van der Waals surface area contributed by atoms with E-state index in [1.54, 1.807) is 24.3 Å². The fourth-order valence-corrected chi connectivity index (χ4v) is 1.52. The highest BCUT2D eigenvalue weighted by Crippen LogP contribution is 2.24. The Morgan fingerprint density at radius 2 is 1.58 bits per heavy atom. The fraction of sp³-hybridized carbons (Fsp3) is 0.0769. The second kappa shape index (κ2) is 5.27. The van der Waals surface area contributed by atoms with E-state index in [0.29, 0.717) is 11.1 Å². The molecule has 0 saturated carbocycles. The van der Waals surface area contributed by atoms with Crippen molar-refractivity contribution >= 4 is 5.69 Å². The van der Waals surface area contributed by atoms with Crippen LogP contribution >= 0.6 is 0 Å². The predicted molar refractivity (Wildman–Crippen MR) is 62.6 cm³/mol. The van der Waals surface area contributed by atoms with Crippen LogP contribution in [0.2, 0.25) is 0 Å². The van der Waals surface area contributed by atoms with Gasteiger partial charge in [-0.15, -0.1) is 13.2 Å². The van der Waals surface area contributed by atoms with Gasteiger partial charge in [-0.1, -0.05) is 24.3 Å². The first-order valence-electron chi connectivity index (χ1n) is 5.31. The lowest BCUT2D eigenvalue weighted by atomic mass is 10.1. The van der Waals surface area contributed by atoms with Gasteiger partial charge >= 0.3 is 6.36 Å². The number of rotatable bonds is 3. The van der Waals surface area contributed by atoms with Crippen molar-refractivity contribution in [2.24, 2.45) is 0 Å². The Morgan fingerprint density at radius 1 is 0.895 bits per heavy atom. The molecule has 0 fully saturated rings. The molecule has 0 radical (unpaired) electrons. The molecule has 0 heterocycles. The molecule has 0 spiro atoms. The van der Waals surface area contributed by atoms with Crippen LogP contribution in [0.25, 0.3) is 11.1 Å². The zero-order valence-corrected chi connectivity index (χ0v) is 9.54. The Bertz CT molecular complexity index is 551. The molecule has 2 aromatic carbocycles. The largest absolute Gasteiger partial charge is 0.543 e. The first-order valence-corrected chi connectivity index (χ1v) is 5.31. The Hall–Kier alpha value is -2.08. The molecule has 0 aliphatic heterocycles. The summed E-state index contributed by atoms with van der Waals surface area (Å²) in [7, 11) is 0. The summed E-state index contributed by atoms with van der Waals surface area (Å²) in [5, 5.41) is 0. The number of hydrogen-bond acceptors (Lipinski definition) is 2.